The van der Waals surface area contributed by atoms with E-state index in [0.29, 0.717) is 83.1 Å². The first-order valence-corrected chi connectivity index (χ1v) is 25.1. The van der Waals surface area contributed by atoms with Crippen molar-refractivity contribution in [2.45, 2.75) is 70.4 Å². The van der Waals surface area contributed by atoms with Gasteiger partial charge in [-0.2, -0.15) is 4.98 Å². The molecule has 5 heterocycles. The SMILES string of the molecule is COc1cc(N2CCC(NCCNCC3CC(C4C=CC5=C(C4)CN(C4CCC(=O)NC4=O)C5=O)C3)CC2)c(C)cc1Nc1ncc(Br)c(Nc2cccc3c2N(S(C)(=O)=O)CC3)n1. The fraction of sp³-hybridized carbons (Fsp3) is 0.500. The molecular weight excluding hydrogens is 901 g/mol. The number of aromatic nitrogens is 2. The lowest BCUT2D eigenvalue weighted by Crippen LogP contribution is -2.53. The minimum Gasteiger partial charge on any atom is -0.494 e. The fourth-order valence-electron chi connectivity index (χ4n) is 10.4. The molecular formula is C46H57BrN10O6S. The maximum Gasteiger partial charge on any atom is 0.254 e. The molecule has 2 unspecified atom stereocenters. The second kappa shape index (κ2) is 18.4. The monoisotopic (exact) mass is 956 g/mol. The average Bonchev–Trinajstić information content (AvgIpc) is 3.85. The third kappa shape index (κ3) is 9.24. The van der Waals surface area contributed by atoms with E-state index in [2.05, 4.69) is 77.5 Å². The number of sulfonamides is 1. The van der Waals surface area contributed by atoms with Crippen LogP contribution in [-0.4, -0.2) is 112 Å². The van der Waals surface area contributed by atoms with E-state index >= 15 is 0 Å². The molecule has 3 amide bonds. The van der Waals surface area contributed by atoms with Crippen molar-refractivity contribution >= 4 is 78.2 Å². The lowest BCUT2D eigenvalue weighted by atomic mass is 9.66. The van der Waals surface area contributed by atoms with Crippen molar-refractivity contribution in [2.24, 2.45) is 17.8 Å². The highest BCUT2D eigenvalue weighted by atomic mass is 79.9. The van der Waals surface area contributed by atoms with Gasteiger partial charge in [-0.05, 0) is 121 Å². The molecule has 5 N–H and O–H groups in total. The minimum absolute atomic E-state index is 0.0799. The van der Waals surface area contributed by atoms with Crippen molar-refractivity contribution in [3.8, 4) is 5.75 Å². The van der Waals surface area contributed by atoms with Gasteiger partial charge in [0.15, 0.2) is 0 Å². The number of halogens is 1. The van der Waals surface area contributed by atoms with Gasteiger partial charge in [-0.1, -0.05) is 24.3 Å². The molecule has 3 aromatic rings. The normalized spacial score (nSPS) is 23.6. The first kappa shape index (κ1) is 44.2. The average molecular weight is 958 g/mol. The summed E-state index contributed by atoms with van der Waals surface area (Å²) in [7, 11) is -1.78. The van der Waals surface area contributed by atoms with Gasteiger partial charge in [-0.25, -0.2) is 13.4 Å². The van der Waals surface area contributed by atoms with Crippen molar-refractivity contribution in [3.63, 3.8) is 0 Å². The Morgan fingerprint density at radius 2 is 1.81 bits per heavy atom. The largest absolute Gasteiger partial charge is 0.494 e. The van der Waals surface area contributed by atoms with E-state index < -0.39 is 16.1 Å². The first-order valence-electron chi connectivity index (χ1n) is 22.4. The molecule has 2 aromatic carbocycles. The summed E-state index contributed by atoms with van der Waals surface area (Å²) in [6, 6.07) is 9.77. The minimum atomic E-state index is -3.44. The number of nitrogens with one attached hydrogen (secondary N) is 5. The highest BCUT2D eigenvalue weighted by molar-refractivity contribution is 9.10. The number of carbonyl (C=O) groups excluding carboxylic acids is 3. The Kier molecular flexibility index (Phi) is 12.7. The lowest BCUT2D eigenvalue weighted by molar-refractivity contribution is -0.142. The zero-order chi connectivity index (χ0) is 44.7. The maximum absolute atomic E-state index is 13.1. The van der Waals surface area contributed by atoms with E-state index in [-0.39, 0.29) is 24.1 Å². The van der Waals surface area contributed by atoms with Crippen LogP contribution in [0.5, 0.6) is 5.75 Å². The molecule has 16 nitrogen and oxygen atoms in total. The number of allylic oxidation sites excluding steroid dienone is 1. The summed E-state index contributed by atoms with van der Waals surface area (Å²) in [6.45, 7) is 7.75. The van der Waals surface area contributed by atoms with E-state index in [0.717, 1.165) is 85.6 Å². The van der Waals surface area contributed by atoms with Gasteiger partial charge < -0.3 is 35.8 Å². The van der Waals surface area contributed by atoms with Crippen molar-refractivity contribution in [1.29, 1.82) is 0 Å². The zero-order valence-corrected chi connectivity index (χ0v) is 39.0. The first-order chi connectivity index (χ1) is 30.8. The van der Waals surface area contributed by atoms with Crippen LogP contribution >= 0.6 is 15.9 Å². The summed E-state index contributed by atoms with van der Waals surface area (Å²) in [5.74, 6) is 2.56. The molecule has 6 aliphatic rings. The molecule has 4 aliphatic heterocycles. The number of amides is 3. The second-order valence-electron chi connectivity index (χ2n) is 18.0. The van der Waals surface area contributed by atoms with Gasteiger partial charge in [0.1, 0.15) is 17.6 Å². The molecule has 340 valence electrons. The summed E-state index contributed by atoms with van der Waals surface area (Å²) in [5, 5.41) is 16.5. The number of rotatable bonds is 15. The van der Waals surface area contributed by atoms with Crippen LogP contribution in [0.2, 0.25) is 0 Å². The number of fused-ring (bicyclic) bond motifs is 1. The van der Waals surface area contributed by atoms with Crippen LogP contribution in [0.4, 0.5) is 34.5 Å². The molecule has 0 bridgehead atoms. The number of para-hydroxylation sites is 1. The van der Waals surface area contributed by atoms with Gasteiger partial charge in [0.25, 0.3) is 5.91 Å². The van der Waals surface area contributed by atoms with Crippen LogP contribution in [0.1, 0.15) is 56.1 Å². The van der Waals surface area contributed by atoms with Crippen LogP contribution in [0, 0.1) is 24.7 Å². The van der Waals surface area contributed by atoms with Gasteiger partial charge in [0, 0.05) is 75.3 Å². The number of imide groups is 1. The number of hydrogen-bond acceptors (Lipinski definition) is 13. The molecule has 18 heteroatoms. The Morgan fingerprint density at radius 1 is 1.00 bits per heavy atom. The van der Waals surface area contributed by atoms with Crippen molar-refractivity contribution < 1.29 is 27.5 Å². The van der Waals surface area contributed by atoms with E-state index in [1.54, 1.807) is 18.2 Å². The number of ether oxygens (including phenoxy) is 1. The number of carbonyl (C=O) groups is 3. The van der Waals surface area contributed by atoms with Gasteiger partial charge in [0.2, 0.25) is 27.8 Å². The topological polar surface area (TPSA) is 190 Å². The Balaban J connectivity index is 0.702. The summed E-state index contributed by atoms with van der Waals surface area (Å²) in [6.07, 6.45) is 13.7. The highest BCUT2D eigenvalue weighted by Crippen LogP contribution is 2.45. The summed E-state index contributed by atoms with van der Waals surface area (Å²) in [5.41, 5.74) is 7.13. The Morgan fingerprint density at radius 3 is 2.58 bits per heavy atom. The number of nitrogens with zero attached hydrogens (tertiary/aromatic N) is 5. The van der Waals surface area contributed by atoms with Crippen LogP contribution < -0.4 is 40.5 Å². The van der Waals surface area contributed by atoms with Crippen LogP contribution in [-0.2, 0) is 30.8 Å². The lowest BCUT2D eigenvalue weighted by Gasteiger charge is -2.41. The molecule has 0 radical (unpaired) electrons. The predicted octanol–water partition coefficient (Wildman–Crippen LogP) is 5.06. The van der Waals surface area contributed by atoms with Crippen molar-refractivity contribution in [3.05, 3.63) is 75.4 Å². The summed E-state index contributed by atoms with van der Waals surface area (Å²) >= 11 is 3.56. The molecule has 2 atom stereocenters. The predicted molar refractivity (Wildman–Crippen MR) is 251 cm³/mol. The smallest absolute Gasteiger partial charge is 0.254 e. The molecule has 2 aliphatic carbocycles. The third-order valence-corrected chi connectivity index (χ3v) is 15.6. The van der Waals surface area contributed by atoms with E-state index in [1.165, 1.54) is 23.4 Å². The Bertz CT molecular complexity index is 2500. The zero-order valence-electron chi connectivity index (χ0n) is 36.6. The van der Waals surface area contributed by atoms with Crippen molar-refractivity contribution in [1.82, 2.24) is 30.8 Å². The summed E-state index contributed by atoms with van der Waals surface area (Å²) < 4.78 is 33.1. The molecule has 1 aromatic heterocycles. The third-order valence-electron chi connectivity index (χ3n) is 13.8. The van der Waals surface area contributed by atoms with E-state index in [9.17, 15) is 22.8 Å². The number of methoxy groups -OCH3 is 1. The number of aryl methyl sites for hydroxylation is 1. The van der Waals surface area contributed by atoms with Crippen LogP contribution in [0.3, 0.4) is 0 Å². The van der Waals surface area contributed by atoms with Gasteiger partial charge >= 0.3 is 0 Å². The fourth-order valence-corrected chi connectivity index (χ4v) is 11.6. The summed E-state index contributed by atoms with van der Waals surface area (Å²) in [4.78, 5) is 50.5. The number of hydrogen-bond donors (Lipinski definition) is 5. The molecule has 9 rings (SSSR count). The number of benzene rings is 2. The standard InChI is InChI=1S/C46H57BrN10O6S/c1-27-19-37(52-46-50-25-35(47)43(54-46)51-36-6-4-5-29-11-18-57(42(29)36)64(3,61)62)40(63-2)23-39(27)55-16-12-33(13-17-55)49-15-14-48-24-28-20-31(21-28)30-7-8-34-32(22-30)26-56(45(34)60)38-9-10-41(58)53-44(38)59/h4-8,19,23,25,28,30-31,33,38,48-49H,9-18,20-22,24,26H2,1-3H3,(H,53,58,59)(H2,50,51,52,54). The molecule has 0 spiro atoms. The van der Waals surface area contributed by atoms with Gasteiger partial charge in [-0.15, -0.1) is 0 Å². The van der Waals surface area contributed by atoms with Gasteiger partial charge in [-0.3, -0.25) is 24.0 Å². The molecule has 64 heavy (non-hydrogen) atoms. The van der Waals surface area contributed by atoms with E-state index in [4.69, 9.17) is 9.72 Å². The quantitative estimate of drug-likeness (QED) is 0.101. The Hall–Kier alpha value is -5.04. The van der Waals surface area contributed by atoms with Crippen molar-refractivity contribution in [2.75, 3.05) is 79.0 Å². The highest BCUT2D eigenvalue weighted by Gasteiger charge is 2.43. The van der Waals surface area contributed by atoms with Crippen LogP contribution in [0.25, 0.3) is 0 Å². The maximum atomic E-state index is 13.1. The molecule has 1 saturated carbocycles. The molecule has 3 fully saturated rings. The number of anilines is 6. The second-order valence-corrected chi connectivity index (χ2v) is 20.8. The number of piperidine rings is 2. The van der Waals surface area contributed by atoms with Gasteiger partial charge in [0.05, 0.1) is 34.9 Å². The Labute approximate surface area is 383 Å². The van der Waals surface area contributed by atoms with Crippen LogP contribution in [0.15, 0.2) is 64.3 Å². The molecule has 2 saturated heterocycles. The van der Waals surface area contributed by atoms with E-state index in [1.807, 2.05) is 24.3 Å².